The molecule has 1 aromatic heterocycles. The van der Waals surface area contributed by atoms with Crippen molar-refractivity contribution in [3.63, 3.8) is 0 Å². The molecule has 6 aromatic rings. The number of aliphatic hydroxyl groups is 1. The number of nitrogens with zero attached hydrogens (tertiary/aromatic N) is 3. The SMILES string of the molecule is OC1=C(c2nc(-c3cc(Oc4ccccc4)ccc3O)nc(-c3cc(Oc4ccccc4)ccc3O)n2)C=C(Oc2ccccc2)CC1. The summed E-state index contributed by atoms with van der Waals surface area (Å²) in [7, 11) is 0. The first kappa shape index (κ1) is 30.1. The van der Waals surface area contributed by atoms with Gasteiger partial charge in [0.25, 0.3) is 0 Å². The van der Waals surface area contributed by atoms with Gasteiger partial charge in [-0.3, -0.25) is 0 Å². The largest absolute Gasteiger partial charge is 0.512 e. The summed E-state index contributed by atoms with van der Waals surface area (Å²) in [6, 6.07) is 37.3. The number of hydrogen-bond donors (Lipinski definition) is 3. The van der Waals surface area contributed by atoms with Crippen LogP contribution in [0.1, 0.15) is 18.7 Å². The van der Waals surface area contributed by atoms with Crippen LogP contribution in [0.5, 0.6) is 40.2 Å². The molecule has 48 heavy (non-hydrogen) atoms. The molecule has 0 unspecified atom stereocenters. The summed E-state index contributed by atoms with van der Waals surface area (Å²) in [5.74, 6) is 3.52. The van der Waals surface area contributed by atoms with Crippen molar-refractivity contribution in [3.05, 3.63) is 151 Å². The number of benzene rings is 5. The van der Waals surface area contributed by atoms with Crippen LogP contribution in [0.3, 0.4) is 0 Å². The van der Waals surface area contributed by atoms with E-state index < -0.39 is 0 Å². The second kappa shape index (κ2) is 13.4. The lowest BCUT2D eigenvalue weighted by Crippen LogP contribution is -2.08. The number of hydrogen-bond acceptors (Lipinski definition) is 9. The molecule has 0 fully saturated rings. The predicted molar refractivity (Wildman–Crippen MR) is 181 cm³/mol. The van der Waals surface area contributed by atoms with Crippen LogP contribution in [-0.2, 0) is 0 Å². The van der Waals surface area contributed by atoms with E-state index in [4.69, 9.17) is 24.2 Å². The van der Waals surface area contributed by atoms with Gasteiger partial charge in [-0.1, -0.05) is 54.6 Å². The number of rotatable bonds is 9. The Labute approximate surface area is 276 Å². The number of para-hydroxylation sites is 3. The normalized spacial score (nSPS) is 12.7. The molecule has 236 valence electrons. The summed E-state index contributed by atoms with van der Waals surface area (Å²) in [4.78, 5) is 14.1. The van der Waals surface area contributed by atoms with E-state index in [-0.39, 0.29) is 45.9 Å². The van der Waals surface area contributed by atoms with Gasteiger partial charge in [-0.2, -0.15) is 0 Å². The van der Waals surface area contributed by atoms with Gasteiger partial charge in [0.2, 0.25) is 0 Å². The molecule has 0 amide bonds. The van der Waals surface area contributed by atoms with E-state index in [0.29, 0.717) is 52.9 Å². The number of allylic oxidation sites excluding steroid dienone is 4. The number of aromatic hydroxyl groups is 2. The molecule has 0 radical (unpaired) electrons. The van der Waals surface area contributed by atoms with Crippen molar-refractivity contribution in [2.24, 2.45) is 0 Å². The molecule has 0 bridgehead atoms. The number of phenols is 2. The predicted octanol–water partition coefficient (Wildman–Crippen LogP) is 9.23. The topological polar surface area (TPSA) is 127 Å². The summed E-state index contributed by atoms with van der Waals surface area (Å²) < 4.78 is 18.1. The molecule has 0 atom stereocenters. The summed E-state index contributed by atoms with van der Waals surface area (Å²) in [5, 5.41) is 33.1. The minimum Gasteiger partial charge on any atom is -0.512 e. The van der Waals surface area contributed by atoms with E-state index >= 15 is 0 Å². The van der Waals surface area contributed by atoms with Crippen molar-refractivity contribution < 1.29 is 29.5 Å². The van der Waals surface area contributed by atoms with Crippen LogP contribution in [0.15, 0.2) is 145 Å². The molecule has 1 aliphatic rings. The first-order chi connectivity index (χ1) is 23.5. The Hall–Kier alpha value is -6.61. The van der Waals surface area contributed by atoms with Crippen LogP contribution in [-0.4, -0.2) is 30.3 Å². The molecular weight excluding hydrogens is 606 g/mol. The van der Waals surface area contributed by atoms with Gasteiger partial charge < -0.3 is 29.5 Å². The molecule has 9 heteroatoms. The highest BCUT2D eigenvalue weighted by molar-refractivity contribution is 5.77. The van der Waals surface area contributed by atoms with Crippen LogP contribution >= 0.6 is 0 Å². The average molecular weight is 636 g/mol. The van der Waals surface area contributed by atoms with E-state index in [0.717, 1.165) is 0 Å². The fraction of sp³-hybridized carbons (Fsp3) is 0.0513. The van der Waals surface area contributed by atoms with Gasteiger partial charge in [-0.25, -0.2) is 15.0 Å². The number of ether oxygens (including phenoxy) is 3. The third-order valence-corrected chi connectivity index (χ3v) is 7.47. The minimum absolute atomic E-state index is 0.0641. The van der Waals surface area contributed by atoms with Gasteiger partial charge in [-0.05, 0) is 78.9 Å². The summed E-state index contributed by atoms with van der Waals surface area (Å²) in [6.45, 7) is 0. The monoisotopic (exact) mass is 635 g/mol. The first-order valence-corrected chi connectivity index (χ1v) is 15.2. The molecule has 0 aliphatic heterocycles. The Bertz CT molecular complexity index is 2030. The zero-order valence-corrected chi connectivity index (χ0v) is 25.5. The molecule has 0 spiro atoms. The fourth-order valence-electron chi connectivity index (χ4n) is 5.11. The van der Waals surface area contributed by atoms with Crippen molar-refractivity contribution in [1.82, 2.24) is 15.0 Å². The van der Waals surface area contributed by atoms with Crippen LogP contribution in [0.25, 0.3) is 28.3 Å². The third kappa shape index (κ3) is 6.80. The van der Waals surface area contributed by atoms with Gasteiger partial charge in [0.1, 0.15) is 51.8 Å². The first-order valence-electron chi connectivity index (χ1n) is 15.2. The maximum atomic E-state index is 11.1. The Balaban J connectivity index is 1.34. The quantitative estimate of drug-likeness (QED) is 0.142. The standard InChI is InChI=1S/C39H29N3O6/c43-34-19-16-28(46-25-10-4-1-5-11-25)22-31(34)37-40-38(32-23-29(17-20-35(32)44)47-26-12-6-2-7-13-26)42-39(41-37)33-24-30(18-21-36(33)45)48-27-14-8-3-9-15-27/h1-17,19-20,22-24,43-45H,18,21H2. The van der Waals surface area contributed by atoms with Gasteiger partial charge in [-0.15, -0.1) is 0 Å². The molecule has 3 N–H and O–H groups in total. The van der Waals surface area contributed by atoms with Crippen molar-refractivity contribution in [1.29, 1.82) is 0 Å². The lowest BCUT2D eigenvalue weighted by Gasteiger charge is -2.18. The molecule has 9 nitrogen and oxygen atoms in total. The van der Waals surface area contributed by atoms with Crippen LogP contribution in [0, 0.1) is 0 Å². The van der Waals surface area contributed by atoms with Gasteiger partial charge in [0.15, 0.2) is 17.5 Å². The zero-order chi connectivity index (χ0) is 32.9. The Morgan fingerprint density at radius 1 is 0.438 bits per heavy atom. The number of aromatic nitrogens is 3. The smallest absolute Gasteiger partial charge is 0.167 e. The summed E-state index contributed by atoms with van der Waals surface area (Å²) in [6.07, 6.45) is 2.45. The highest BCUT2D eigenvalue weighted by Crippen LogP contribution is 2.38. The zero-order valence-electron chi connectivity index (χ0n) is 25.5. The molecular formula is C39H29N3O6. The van der Waals surface area contributed by atoms with E-state index in [2.05, 4.69) is 4.98 Å². The second-order valence-electron chi connectivity index (χ2n) is 10.9. The van der Waals surface area contributed by atoms with E-state index in [1.54, 1.807) is 30.3 Å². The van der Waals surface area contributed by atoms with Crippen LogP contribution in [0.4, 0.5) is 0 Å². The molecule has 7 rings (SSSR count). The average Bonchev–Trinajstić information content (AvgIpc) is 3.12. The van der Waals surface area contributed by atoms with Gasteiger partial charge in [0, 0.05) is 12.8 Å². The highest BCUT2D eigenvalue weighted by atomic mass is 16.5. The molecule has 0 saturated carbocycles. The fourth-order valence-corrected chi connectivity index (χ4v) is 5.11. The molecule has 0 saturated heterocycles. The number of aliphatic hydroxyl groups excluding tert-OH is 1. The molecule has 1 aliphatic carbocycles. The molecule has 1 heterocycles. The van der Waals surface area contributed by atoms with Crippen molar-refractivity contribution in [2.45, 2.75) is 12.8 Å². The third-order valence-electron chi connectivity index (χ3n) is 7.47. The summed E-state index contributed by atoms with van der Waals surface area (Å²) >= 11 is 0. The maximum Gasteiger partial charge on any atom is 0.167 e. The second-order valence-corrected chi connectivity index (χ2v) is 10.9. The summed E-state index contributed by atoms with van der Waals surface area (Å²) in [5.41, 5.74) is 0.833. The lowest BCUT2D eigenvalue weighted by molar-refractivity contribution is 0.354. The van der Waals surface area contributed by atoms with Crippen molar-refractivity contribution in [3.8, 4) is 63.0 Å². The lowest BCUT2D eigenvalue weighted by atomic mass is 10.0. The van der Waals surface area contributed by atoms with Crippen LogP contribution in [0.2, 0.25) is 0 Å². The highest BCUT2D eigenvalue weighted by Gasteiger charge is 2.23. The van der Waals surface area contributed by atoms with E-state index in [1.165, 1.54) is 12.1 Å². The van der Waals surface area contributed by atoms with E-state index in [1.807, 2.05) is 91.0 Å². The number of phenolic OH excluding ortho intramolecular Hbond substituents is 2. The Morgan fingerprint density at radius 2 is 0.875 bits per heavy atom. The van der Waals surface area contributed by atoms with Gasteiger partial charge >= 0.3 is 0 Å². The Kier molecular flexibility index (Phi) is 8.39. The Morgan fingerprint density at radius 3 is 1.35 bits per heavy atom. The van der Waals surface area contributed by atoms with Gasteiger partial charge in [0.05, 0.1) is 16.7 Å². The minimum atomic E-state index is -0.102. The van der Waals surface area contributed by atoms with Crippen LogP contribution < -0.4 is 14.2 Å². The van der Waals surface area contributed by atoms with Crippen molar-refractivity contribution >= 4 is 5.57 Å². The van der Waals surface area contributed by atoms with Crippen molar-refractivity contribution in [2.75, 3.05) is 0 Å². The van der Waals surface area contributed by atoms with E-state index in [9.17, 15) is 15.3 Å². The molecule has 5 aromatic carbocycles. The maximum absolute atomic E-state index is 11.1.